The van der Waals surface area contributed by atoms with E-state index in [9.17, 15) is 14.4 Å². The minimum absolute atomic E-state index is 0.0709. The molecular formula is C15H16N4O4. The second kappa shape index (κ2) is 5.22. The van der Waals surface area contributed by atoms with Gasteiger partial charge < -0.3 is 14.8 Å². The van der Waals surface area contributed by atoms with Crippen LogP contribution in [0.1, 0.15) is 59.5 Å². The van der Waals surface area contributed by atoms with Gasteiger partial charge in [-0.2, -0.15) is 0 Å². The summed E-state index contributed by atoms with van der Waals surface area (Å²) in [4.78, 5) is 38.6. The maximum Gasteiger partial charge on any atom is 0.328 e. The third kappa shape index (κ3) is 2.71. The summed E-state index contributed by atoms with van der Waals surface area (Å²) in [5, 5.41) is 6.59. The SMILES string of the molecule is O=C(NCc1cc(C2CC2)no1)c1c[nH]c(=O)n(C2CC2)c1=O. The number of nitrogens with one attached hydrogen (secondary N) is 2. The Balaban J connectivity index is 1.49. The highest BCUT2D eigenvalue weighted by Crippen LogP contribution is 2.39. The lowest BCUT2D eigenvalue weighted by Gasteiger charge is -2.05. The van der Waals surface area contributed by atoms with Crippen LogP contribution in [0.3, 0.4) is 0 Å². The lowest BCUT2D eigenvalue weighted by atomic mass is 10.2. The van der Waals surface area contributed by atoms with Crippen LogP contribution >= 0.6 is 0 Å². The Kier molecular flexibility index (Phi) is 3.17. The molecule has 0 atom stereocenters. The highest BCUT2D eigenvalue weighted by molar-refractivity contribution is 5.93. The number of amides is 1. The molecule has 8 nitrogen and oxygen atoms in total. The quantitative estimate of drug-likeness (QED) is 0.842. The molecule has 0 bridgehead atoms. The molecule has 0 aromatic carbocycles. The summed E-state index contributed by atoms with van der Waals surface area (Å²) >= 11 is 0. The molecule has 4 rings (SSSR count). The molecule has 2 aromatic rings. The third-order valence-electron chi connectivity index (χ3n) is 4.16. The molecule has 2 saturated carbocycles. The number of carbonyl (C=O) groups excluding carboxylic acids is 1. The summed E-state index contributed by atoms with van der Waals surface area (Å²) in [5.41, 5.74) is -0.184. The van der Waals surface area contributed by atoms with Crippen molar-refractivity contribution in [3.05, 3.63) is 50.1 Å². The molecule has 0 unspecified atom stereocenters. The van der Waals surface area contributed by atoms with E-state index in [1.54, 1.807) is 0 Å². The molecule has 0 spiro atoms. The van der Waals surface area contributed by atoms with Crippen LogP contribution in [0.25, 0.3) is 0 Å². The van der Waals surface area contributed by atoms with Gasteiger partial charge in [-0.3, -0.25) is 14.2 Å². The van der Waals surface area contributed by atoms with Crippen LogP contribution in [0.15, 0.2) is 26.4 Å². The third-order valence-corrected chi connectivity index (χ3v) is 4.16. The second-order valence-electron chi connectivity index (χ2n) is 6.09. The average molecular weight is 316 g/mol. The topological polar surface area (TPSA) is 110 Å². The average Bonchev–Trinajstić information content (AvgIpc) is 3.45. The van der Waals surface area contributed by atoms with Gasteiger partial charge in [-0.05, 0) is 25.7 Å². The maximum absolute atomic E-state index is 12.3. The van der Waals surface area contributed by atoms with Crippen LogP contribution in [0.5, 0.6) is 0 Å². The molecule has 2 aromatic heterocycles. The number of H-pyrrole nitrogens is 1. The van der Waals surface area contributed by atoms with Crippen molar-refractivity contribution < 1.29 is 9.32 Å². The molecule has 2 N–H and O–H groups in total. The molecule has 1 amide bonds. The smallest absolute Gasteiger partial charge is 0.328 e. The summed E-state index contributed by atoms with van der Waals surface area (Å²) < 4.78 is 6.29. The Hall–Kier alpha value is -2.64. The molecule has 8 heteroatoms. The van der Waals surface area contributed by atoms with E-state index in [0.717, 1.165) is 42.1 Å². The summed E-state index contributed by atoms with van der Waals surface area (Å²) in [7, 11) is 0. The molecule has 120 valence electrons. The first-order valence-corrected chi connectivity index (χ1v) is 7.71. The molecule has 2 aliphatic carbocycles. The Morgan fingerprint density at radius 1 is 1.35 bits per heavy atom. The van der Waals surface area contributed by atoms with E-state index in [1.165, 1.54) is 0 Å². The van der Waals surface area contributed by atoms with E-state index in [4.69, 9.17) is 4.52 Å². The van der Waals surface area contributed by atoms with Crippen molar-refractivity contribution in [1.29, 1.82) is 0 Å². The van der Waals surface area contributed by atoms with Crippen molar-refractivity contribution in [2.45, 2.75) is 44.2 Å². The molecule has 0 saturated heterocycles. The molecule has 0 aliphatic heterocycles. The van der Waals surface area contributed by atoms with Gasteiger partial charge in [-0.15, -0.1) is 0 Å². The molecule has 2 aliphatic rings. The maximum atomic E-state index is 12.3. The predicted molar refractivity (Wildman–Crippen MR) is 79.2 cm³/mol. The zero-order chi connectivity index (χ0) is 16.0. The van der Waals surface area contributed by atoms with Crippen molar-refractivity contribution in [2.24, 2.45) is 0 Å². The Labute approximate surface area is 130 Å². The van der Waals surface area contributed by atoms with E-state index >= 15 is 0 Å². The fourth-order valence-electron chi connectivity index (χ4n) is 2.56. The molecular weight excluding hydrogens is 300 g/mol. The molecule has 23 heavy (non-hydrogen) atoms. The monoisotopic (exact) mass is 316 g/mol. The zero-order valence-electron chi connectivity index (χ0n) is 12.4. The Bertz CT molecular complexity index is 870. The van der Waals surface area contributed by atoms with Crippen LogP contribution in [-0.4, -0.2) is 20.6 Å². The lowest BCUT2D eigenvalue weighted by Crippen LogP contribution is -2.40. The van der Waals surface area contributed by atoms with Gasteiger partial charge in [0.1, 0.15) is 5.56 Å². The van der Waals surface area contributed by atoms with E-state index in [2.05, 4.69) is 15.5 Å². The second-order valence-corrected chi connectivity index (χ2v) is 6.09. The van der Waals surface area contributed by atoms with Crippen LogP contribution in [0.2, 0.25) is 0 Å². The van der Waals surface area contributed by atoms with Gasteiger partial charge in [0.25, 0.3) is 11.5 Å². The van der Waals surface area contributed by atoms with Crippen molar-refractivity contribution in [3.8, 4) is 0 Å². The lowest BCUT2D eigenvalue weighted by molar-refractivity contribution is 0.0944. The molecule has 2 heterocycles. The van der Waals surface area contributed by atoms with Crippen molar-refractivity contribution in [2.75, 3.05) is 0 Å². The van der Waals surface area contributed by atoms with E-state index < -0.39 is 17.2 Å². The van der Waals surface area contributed by atoms with Crippen molar-refractivity contribution in [1.82, 2.24) is 20.0 Å². The summed E-state index contributed by atoms with van der Waals surface area (Å²) in [5.74, 6) is 0.491. The number of aromatic nitrogens is 3. The van der Waals surface area contributed by atoms with Gasteiger partial charge in [0.2, 0.25) is 0 Å². The number of aromatic amines is 1. The van der Waals surface area contributed by atoms with Gasteiger partial charge in [0.15, 0.2) is 5.76 Å². The number of hydrogen-bond donors (Lipinski definition) is 2. The normalized spacial score (nSPS) is 17.2. The first-order chi connectivity index (χ1) is 11.1. The number of carbonyl (C=O) groups is 1. The highest BCUT2D eigenvalue weighted by Gasteiger charge is 2.29. The Morgan fingerprint density at radius 3 is 2.83 bits per heavy atom. The zero-order valence-corrected chi connectivity index (χ0v) is 12.4. The summed E-state index contributed by atoms with van der Waals surface area (Å²) in [6, 6.07) is 1.74. The van der Waals surface area contributed by atoms with Gasteiger partial charge in [-0.25, -0.2) is 4.79 Å². The van der Waals surface area contributed by atoms with Crippen LogP contribution in [-0.2, 0) is 6.54 Å². The Morgan fingerprint density at radius 2 is 2.13 bits per heavy atom. The summed E-state index contributed by atoms with van der Waals surface area (Å²) in [6.07, 6.45) is 4.98. The van der Waals surface area contributed by atoms with Crippen molar-refractivity contribution >= 4 is 5.91 Å². The van der Waals surface area contributed by atoms with Crippen LogP contribution in [0, 0.1) is 0 Å². The predicted octanol–water partition coefficient (Wildman–Crippen LogP) is 0.667. The van der Waals surface area contributed by atoms with E-state index in [-0.39, 0.29) is 18.2 Å². The van der Waals surface area contributed by atoms with Gasteiger partial charge in [-0.1, -0.05) is 5.16 Å². The van der Waals surface area contributed by atoms with Crippen molar-refractivity contribution in [3.63, 3.8) is 0 Å². The van der Waals surface area contributed by atoms with E-state index in [1.807, 2.05) is 6.07 Å². The summed E-state index contributed by atoms with van der Waals surface area (Å²) in [6.45, 7) is 0.153. The highest BCUT2D eigenvalue weighted by atomic mass is 16.5. The fourth-order valence-corrected chi connectivity index (χ4v) is 2.56. The van der Waals surface area contributed by atoms with Gasteiger partial charge in [0.05, 0.1) is 12.2 Å². The van der Waals surface area contributed by atoms with Crippen LogP contribution < -0.4 is 16.6 Å². The standard InChI is InChI=1S/C15H16N4O4/c20-13(16-6-10-5-12(18-23-10)8-1-2-8)11-7-17-15(22)19(14(11)21)9-3-4-9/h5,7-9H,1-4,6H2,(H,16,20)(H,17,22). The van der Waals surface area contributed by atoms with Gasteiger partial charge in [0, 0.05) is 24.2 Å². The van der Waals surface area contributed by atoms with E-state index in [0.29, 0.717) is 11.7 Å². The first-order valence-electron chi connectivity index (χ1n) is 7.71. The minimum atomic E-state index is -0.551. The number of nitrogens with zero attached hydrogens (tertiary/aromatic N) is 2. The minimum Gasteiger partial charge on any atom is -0.359 e. The van der Waals surface area contributed by atoms with Crippen LogP contribution in [0.4, 0.5) is 0 Å². The van der Waals surface area contributed by atoms with Gasteiger partial charge >= 0.3 is 5.69 Å². The molecule has 2 fully saturated rings. The molecule has 0 radical (unpaired) electrons. The largest absolute Gasteiger partial charge is 0.359 e. The number of rotatable bonds is 5. The fraction of sp³-hybridized carbons (Fsp3) is 0.467. The first kappa shape index (κ1) is 14.0. The number of hydrogen-bond acceptors (Lipinski definition) is 5.